The summed E-state index contributed by atoms with van der Waals surface area (Å²) >= 11 is 0. The van der Waals surface area contributed by atoms with Crippen LogP contribution in [0.25, 0.3) is 0 Å². The summed E-state index contributed by atoms with van der Waals surface area (Å²) in [5.41, 5.74) is 1.66. The van der Waals surface area contributed by atoms with E-state index < -0.39 is 5.97 Å². The van der Waals surface area contributed by atoms with Gasteiger partial charge in [-0.15, -0.1) is 0 Å². The average molecular weight is 299 g/mol. The fourth-order valence-corrected chi connectivity index (χ4v) is 1.90. The highest BCUT2D eigenvalue weighted by molar-refractivity contribution is 5.87. The van der Waals surface area contributed by atoms with Gasteiger partial charge in [-0.2, -0.15) is 0 Å². The van der Waals surface area contributed by atoms with Crippen molar-refractivity contribution in [3.63, 3.8) is 0 Å². The fraction of sp³-hybridized carbons (Fsp3) is 0.176. The summed E-state index contributed by atoms with van der Waals surface area (Å²) in [6.07, 6.45) is 1.67. The number of aromatic nitrogens is 1. The number of carboxylic acid groups (broad SMARTS) is 1. The molecule has 5 nitrogen and oxygen atoms in total. The van der Waals surface area contributed by atoms with Crippen molar-refractivity contribution in [3.05, 3.63) is 76.2 Å². The van der Waals surface area contributed by atoms with Gasteiger partial charge in [-0.25, -0.2) is 4.79 Å². The minimum absolute atomic E-state index is 0.217. The second-order valence-corrected chi connectivity index (χ2v) is 5.05. The third-order valence-corrected chi connectivity index (χ3v) is 3.01. The Morgan fingerprint density at radius 1 is 1.27 bits per heavy atom. The summed E-state index contributed by atoms with van der Waals surface area (Å²) in [5.74, 6) is -0.702. The first kappa shape index (κ1) is 15.6. The Labute approximate surface area is 128 Å². The molecule has 0 aliphatic heterocycles. The van der Waals surface area contributed by atoms with Crippen LogP contribution in [-0.4, -0.2) is 22.2 Å². The second-order valence-electron chi connectivity index (χ2n) is 5.05. The standard InChI is InChI=1S/C17H17NO4/c1-12(2)11-22-15-4-3-9-18(16(15)19)10-13-5-7-14(8-6-13)17(20)21/h3-9H,1,10-11H2,2H3,(H,20,21). The molecule has 2 rings (SSSR count). The number of rotatable bonds is 6. The van der Waals surface area contributed by atoms with Crippen LogP contribution in [0.3, 0.4) is 0 Å². The minimum atomic E-state index is -0.973. The predicted octanol–water partition coefficient (Wildman–Crippen LogP) is 2.55. The lowest BCUT2D eigenvalue weighted by atomic mass is 10.1. The molecule has 0 radical (unpaired) electrons. The summed E-state index contributed by atoms with van der Waals surface area (Å²) in [6.45, 7) is 6.20. The number of benzene rings is 1. The van der Waals surface area contributed by atoms with Crippen LogP contribution in [0.2, 0.25) is 0 Å². The van der Waals surface area contributed by atoms with Crippen molar-refractivity contribution in [1.29, 1.82) is 0 Å². The maximum absolute atomic E-state index is 12.3. The first-order valence-corrected chi connectivity index (χ1v) is 6.76. The Morgan fingerprint density at radius 2 is 1.95 bits per heavy atom. The molecule has 0 bridgehead atoms. The van der Waals surface area contributed by atoms with Crippen molar-refractivity contribution in [2.75, 3.05) is 6.61 Å². The van der Waals surface area contributed by atoms with Crippen LogP contribution >= 0.6 is 0 Å². The van der Waals surface area contributed by atoms with E-state index in [0.717, 1.165) is 11.1 Å². The first-order valence-electron chi connectivity index (χ1n) is 6.76. The normalized spacial score (nSPS) is 10.2. The molecule has 0 aliphatic rings. The molecule has 0 atom stereocenters. The van der Waals surface area contributed by atoms with Crippen molar-refractivity contribution in [1.82, 2.24) is 4.57 Å². The van der Waals surface area contributed by atoms with Crippen molar-refractivity contribution >= 4 is 5.97 Å². The average Bonchev–Trinajstić information content (AvgIpc) is 2.48. The van der Waals surface area contributed by atoms with Gasteiger partial charge in [0.15, 0.2) is 5.75 Å². The molecular formula is C17H17NO4. The van der Waals surface area contributed by atoms with E-state index >= 15 is 0 Å². The van der Waals surface area contributed by atoms with Gasteiger partial charge < -0.3 is 14.4 Å². The summed E-state index contributed by atoms with van der Waals surface area (Å²) in [4.78, 5) is 23.1. The van der Waals surface area contributed by atoms with Crippen molar-refractivity contribution in [3.8, 4) is 5.75 Å². The Hall–Kier alpha value is -2.82. The van der Waals surface area contributed by atoms with Crippen molar-refractivity contribution in [2.24, 2.45) is 0 Å². The number of carboxylic acids is 1. The largest absolute Gasteiger partial charge is 0.484 e. The number of nitrogens with zero attached hydrogens (tertiary/aromatic N) is 1. The molecule has 22 heavy (non-hydrogen) atoms. The minimum Gasteiger partial charge on any atom is -0.484 e. The van der Waals surface area contributed by atoms with Gasteiger partial charge in [-0.3, -0.25) is 4.79 Å². The van der Waals surface area contributed by atoms with E-state index in [0.29, 0.717) is 13.2 Å². The maximum Gasteiger partial charge on any atom is 0.335 e. The highest BCUT2D eigenvalue weighted by atomic mass is 16.5. The van der Waals surface area contributed by atoms with Gasteiger partial charge in [0.2, 0.25) is 0 Å². The summed E-state index contributed by atoms with van der Waals surface area (Å²) in [5, 5.41) is 8.87. The molecule has 5 heteroatoms. The molecule has 0 saturated carbocycles. The van der Waals surface area contributed by atoms with Gasteiger partial charge in [0.1, 0.15) is 6.61 Å². The van der Waals surface area contributed by atoms with E-state index in [1.165, 1.54) is 16.7 Å². The third-order valence-electron chi connectivity index (χ3n) is 3.01. The van der Waals surface area contributed by atoms with Gasteiger partial charge in [0.25, 0.3) is 5.56 Å². The Morgan fingerprint density at radius 3 is 2.55 bits per heavy atom. The molecule has 114 valence electrons. The maximum atomic E-state index is 12.3. The van der Waals surface area contributed by atoms with Gasteiger partial charge in [0.05, 0.1) is 12.1 Å². The number of hydrogen-bond donors (Lipinski definition) is 1. The van der Waals surface area contributed by atoms with E-state index in [9.17, 15) is 9.59 Å². The number of carbonyl (C=O) groups is 1. The van der Waals surface area contributed by atoms with Gasteiger partial charge in [-0.1, -0.05) is 18.7 Å². The first-order chi connectivity index (χ1) is 10.5. The molecule has 0 saturated heterocycles. The molecule has 0 fully saturated rings. The quantitative estimate of drug-likeness (QED) is 0.832. The molecule has 1 aromatic heterocycles. The summed E-state index contributed by atoms with van der Waals surface area (Å²) < 4.78 is 6.93. The third kappa shape index (κ3) is 3.85. The molecular weight excluding hydrogens is 282 g/mol. The highest BCUT2D eigenvalue weighted by Gasteiger charge is 2.06. The SMILES string of the molecule is C=C(C)COc1cccn(Cc2ccc(C(=O)O)cc2)c1=O. The Balaban J connectivity index is 2.19. The zero-order chi connectivity index (χ0) is 16.1. The lowest BCUT2D eigenvalue weighted by Gasteiger charge is -2.09. The molecule has 0 amide bonds. The topological polar surface area (TPSA) is 68.5 Å². The number of pyridine rings is 1. The fourth-order valence-electron chi connectivity index (χ4n) is 1.90. The monoisotopic (exact) mass is 299 g/mol. The molecule has 1 aromatic carbocycles. The molecule has 1 heterocycles. The van der Waals surface area contributed by atoms with E-state index in [2.05, 4.69) is 6.58 Å². The molecule has 0 spiro atoms. The zero-order valence-corrected chi connectivity index (χ0v) is 12.3. The van der Waals surface area contributed by atoms with E-state index in [-0.39, 0.29) is 16.9 Å². The van der Waals surface area contributed by atoms with E-state index in [1.807, 2.05) is 6.92 Å². The second kappa shape index (κ2) is 6.76. The zero-order valence-electron chi connectivity index (χ0n) is 12.3. The van der Waals surface area contributed by atoms with E-state index in [4.69, 9.17) is 9.84 Å². The van der Waals surface area contributed by atoms with Gasteiger partial charge >= 0.3 is 5.97 Å². The molecule has 0 aliphatic carbocycles. The van der Waals surface area contributed by atoms with Crippen LogP contribution in [0.15, 0.2) is 59.5 Å². The number of ether oxygens (including phenoxy) is 1. The molecule has 2 aromatic rings. The highest BCUT2D eigenvalue weighted by Crippen LogP contribution is 2.08. The van der Waals surface area contributed by atoms with Crippen LogP contribution in [-0.2, 0) is 6.54 Å². The van der Waals surface area contributed by atoms with Crippen LogP contribution < -0.4 is 10.3 Å². The van der Waals surface area contributed by atoms with Crippen molar-refractivity contribution in [2.45, 2.75) is 13.5 Å². The van der Waals surface area contributed by atoms with Crippen LogP contribution in [0.5, 0.6) is 5.75 Å². The van der Waals surface area contributed by atoms with Gasteiger partial charge in [0, 0.05) is 6.20 Å². The summed E-state index contributed by atoms with van der Waals surface area (Å²) in [6, 6.07) is 9.78. The predicted molar refractivity (Wildman–Crippen MR) is 83.5 cm³/mol. The number of hydrogen-bond acceptors (Lipinski definition) is 3. The Kier molecular flexibility index (Phi) is 4.78. The lowest BCUT2D eigenvalue weighted by Crippen LogP contribution is -2.22. The van der Waals surface area contributed by atoms with Crippen LogP contribution in [0.1, 0.15) is 22.8 Å². The van der Waals surface area contributed by atoms with E-state index in [1.54, 1.807) is 30.5 Å². The van der Waals surface area contributed by atoms with Crippen LogP contribution in [0.4, 0.5) is 0 Å². The van der Waals surface area contributed by atoms with Crippen LogP contribution in [0, 0.1) is 0 Å². The molecule has 1 N–H and O–H groups in total. The smallest absolute Gasteiger partial charge is 0.335 e. The number of aromatic carboxylic acids is 1. The molecule has 0 unspecified atom stereocenters. The van der Waals surface area contributed by atoms with Gasteiger partial charge in [-0.05, 0) is 42.3 Å². The Bertz CT molecular complexity index is 744. The van der Waals surface area contributed by atoms with Crippen molar-refractivity contribution < 1.29 is 14.6 Å². The summed E-state index contributed by atoms with van der Waals surface area (Å²) in [7, 11) is 0. The lowest BCUT2D eigenvalue weighted by molar-refractivity contribution is 0.0697.